The van der Waals surface area contributed by atoms with Crippen LogP contribution in [-0.4, -0.2) is 59.3 Å². The van der Waals surface area contributed by atoms with Crippen LogP contribution < -0.4 is 4.74 Å². The summed E-state index contributed by atoms with van der Waals surface area (Å²) in [6.45, 7) is 2.28. The Morgan fingerprint density at radius 1 is 0.921 bits per heavy atom. The number of carbonyl (C=O) groups is 1. The maximum absolute atomic E-state index is 13.6. The Hall–Kier alpha value is -4.36. The quantitative estimate of drug-likeness (QED) is 0.256. The normalized spacial score (nSPS) is 11.1. The highest BCUT2D eigenvalue weighted by atomic mass is 16.5. The Morgan fingerprint density at radius 3 is 2.50 bits per heavy atom. The van der Waals surface area contributed by atoms with Crippen molar-refractivity contribution in [1.82, 2.24) is 19.0 Å². The van der Waals surface area contributed by atoms with Gasteiger partial charge < -0.3 is 23.5 Å². The Morgan fingerprint density at radius 2 is 1.71 bits per heavy atom. The lowest BCUT2D eigenvalue weighted by Gasteiger charge is -2.17. The minimum Gasteiger partial charge on any atom is -0.497 e. The number of likely N-dealkylation sites (N-methyl/N-ethyl adjacent to an activating group) is 1. The standard InChI is InChI=1S/C31H32N4O3/c1-33(15-16-37-2)31(36)30-21-34(20-29(30)28-10-6-8-24-7-4-5-9-27(24)28)19-25-17-32-22-35(25)18-23-11-13-26(38-3)14-12-23/h4-14,17,20-22H,15-16,18-19H2,1-3H3. The first-order valence-corrected chi connectivity index (χ1v) is 12.6. The van der Waals surface area contributed by atoms with Gasteiger partial charge in [-0.3, -0.25) is 4.79 Å². The number of carbonyl (C=O) groups excluding carboxylic acids is 1. The molecule has 0 fully saturated rings. The number of amides is 1. The van der Waals surface area contributed by atoms with Gasteiger partial charge in [0.2, 0.25) is 0 Å². The SMILES string of the molecule is COCCN(C)C(=O)c1cn(Cc2cncn2Cc2ccc(OC)cc2)cc1-c1cccc2ccccc12. The molecule has 1 amide bonds. The largest absolute Gasteiger partial charge is 0.497 e. The maximum Gasteiger partial charge on any atom is 0.255 e. The van der Waals surface area contributed by atoms with Crippen LogP contribution in [0, 0.1) is 0 Å². The van der Waals surface area contributed by atoms with Gasteiger partial charge in [-0.05, 0) is 34.0 Å². The molecule has 0 bridgehead atoms. The van der Waals surface area contributed by atoms with E-state index in [-0.39, 0.29) is 5.91 Å². The number of methoxy groups -OCH3 is 2. The lowest BCUT2D eigenvalue weighted by atomic mass is 9.97. The number of ether oxygens (including phenoxy) is 2. The first kappa shape index (κ1) is 25.3. The number of nitrogens with zero attached hydrogens (tertiary/aromatic N) is 4. The third kappa shape index (κ3) is 5.33. The number of fused-ring (bicyclic) bond motifs is 1. The molecule has 0 atom stereocenters. The van der Waals surface area contributed by atoms with E-state index in [2.05, 4.69) is 56.7 Å². The Bertz CT molecular complexity index is 1530. The van der Waals surface area contributed by atoms with Gasteiger partial charge in [-0.25, -0.2) is 4.98 Å². The summed E-state index contributed by atoms with van der Waals surface area (Å²) in [5.74, 6) is 0.802. The van der Waals surface area contributed by atoms with E-state index in [4.69, 9.17) is 9.47 Å². The van der Waals surface area contributed by atoms with Gasteiger partial charge in [0.15, 0.2) is 0 Å². The number of hydrogen-bond donors (Lipinski definition) is 0. The van der Waals surface area contributed by atoms with Crippen LogP contribution in [0.3, 0.4) is 0 Å². The number of imidazole rings is 1. The zero-order chi connectivity index (χ0) is 26.5. The zero-order valence-corrected chi connectivity index (χ0v) is 22.0. The molecule has 38 heavy (non-hydrogen) atoms. The summed E-state index contributed by atoms with van der Waals surface area (Å²) in [5, 5.41) is 2.26. The number of rotatable bonds is 10. The summed E-state index contributed by atoms with van der Waals surface area (Å²) < 4.78 is 14.7. The minimum atomic E-state index is -0.0320. The molecule has 0 spiro atoms. The van der Waals surface area contributed by atoms with E-state index < -0.39 is 0 Å². The van der Waals surface area contributed by atoms with Gasteiger partial charge in [-0.2, -0.15) is 0 Å². The molecule has 0 radical (unpaired) electrons. The lowest BCUT2D eigenvalue weighted by molar-refractivity contribution is 0.0745. The van der Waals surface area contributed by atoms with Crippen molar-refractivity contribution in [3.8, 4) is 16.9 Å². The van der Waals surface area contributed by atoms with Crippen molar-refractivity contribution in [2.45, 2.75) is 13.1 Å². The van der Waals surface area contributed by atoms with Crippen molar-refractivity contribution in [1.29, 1.82) is 0 Å². The molecule has 7 nitrogen and oxygen atoms in total. The molecule has 0 N–H and O–H groups in total. The topological polar surface area (TPSA) is 61.5 Å². The number of hydrogen-bond acceptors (Lipinski definition) is 4. The molecule has 194 valence electrons. The van der Waals surface area contributed by atoms with Crippen LogP contribution in [0.15, 0.2) is 91.6 Å². The highest BCUT2D eigenvalue weighted by molar-refractivity contribution is 6.05. The van der Waals surface area contributed by atoms with E-state index in [9.17, 15) is 4.79 Å². The smallest absolute Gasteiger partial charge is 0.255 e. The van der Waals surface area contributed by atoms with Gasteiger partial charge in [0.1, 0.15) is 5.75 Å². The third-order valence-corrected chi connectivity index (χ3v) is 6.82. The monoisotopic (exact) mass is 508 g/mol. The molecule has 2 heterocycles. The van der Waals surface area contributed by atoms with Crippen LogP contribution >= 0.6 is 0 Å². The summed E-state index contributed by atoms with van der Waals surface area (Å²) in [6.07, 6.45) is 7.75. The zero-order valence-electron chi connectivity index (χ0n) is 22.0. The Balaban J connectivity index is 1.50. The van der Waals surface area contributed by atoms with E-state index in [0.29, 0.717) is 31.8 Å². The molecule has 7 heteroatoms. The number of benzene rings is 3. The van der Waals surface area contributed by atoms with Gasteiger partial charge in [0.05, 0.1) is 37.8 Å². The van der Waals surface area contributed by atoms with Crippen molar-refractivity contribution in [2.24, 2.45) is 0 Å². The van der Waals surface area contributed by atoms with Crippen molar-refractivity contribution < 1.29 is 14.3 Å². The molecule has 5 rings (SSSR count). The van der Waals surface area contributed by atoms with Crippen LogP contribution in [0.4, 0.5) is 0 Å². The van der Waals surface area contributed by atoms with Gasteiger partial charge in [-0.1, -0.05) is 54.6 Å². The average Bonchev–Trinajstić information content (AvgIpc) is 3.58. The molecule has 3 aromatic carbocycles. The summed E-state index contributed by atoms with van der Waals surface area (Å²) in [4.78, 5) is 19.7. The fourth-order valence-corrected chi connectivity index (χ4v) is 4.72. The molecule has 2 aromatic heterocycles. The third-order valence-electron chi connectivity index (χ3n) is 6.82. The second kappa shape index (κ2) is 11.4. The molecule has 0 aliphatic rings. The van der Waals surface area contributed by atoms with Crippen LogP contribution in [0.5, 0.6) is 5.75 Å². The van der Waals surface area contributed by atoms with E-state index in [1.54, 1.807) is 19.1 Å². The maximum atomic E-state index is 13.6. The molecule has 0 saturated carbocycles. The Labute approximate surface area is 222 Å². The van der Waals surface area contributed by atoms with E-state index in [1.807, 2.05) is 56.1 Å². The van der Waals surface area contributed by atoms with Gasteiger partial charge in [-0.15, -0.1) is 0 Å². The summed E-state index contributed by atoms with van der Waals surface area (Å²) in [7, 11) is 5.13. The van der Waals surface area contributed by atoms with E-state index >= 15 is 0 Å². The molecule has 0 unspecified atom stereocenters. The van der Waals surface area contributed by atoms with E-state index in [0.717, 1.165) is 38.9 Å². The van der Waals surface area contributed by atoms with Crippen LogP contribution in [0.2, 0.25) is 0 Å². The summed E-state index contributed by atoms with van der Waals surface area (Å²) in [6, 6.07) is 22.5. The fourth-order valence-electron chi connectivity index (χ4n) is 4.72. The second-order valence-electron chi connectivity index (χ2n) is 9.37. The molecule has 0 aliphatic heterocycles. The van der Waals surface area contributed by atoms with Crippen molar-refractivity contribution in [2.75, 3.05) is 34.4 Å². The van der Waals surface area contributed by atoms with Gasteiger partial charge >= 0.3 is 0 Å². The summed E-state index contributed by atoms with van der Waals surface area (Å²) >= 11 is 0. The van der Waals surface area contributed by atoms with Crippen LogP contribution in [0.25, 0.3) is 21.9 Å². The van der Waals surface area contributed by atoms with Gasteiger partial charge in [0, 0.05) is 51.4 Å². The van der Waals surface area contributed by atoms with Gasteiger partial charge in [0.25, 0.3) is 5.91 Å². The molecule has 0 saturated heterocycles. The predicted octanol–water partition coefficient (Wildman–Crippen LogP) is 5.33. The van der Waals surface area contributed by atoms with Crippen LogP contribution in [-0.2, 0) is 17.8 Å². The van der Waals surface area contributed by atoms with Crippen molar-refractivity contribution in [3.05, 3.63) is 108 Å². The predicted molar refractivity (Wildman–Crippen MR) is 150 cm³/mol. The summed E-state index contributed by atoms with van der Waals surface area (Å²) in [5.41, 5.74) is 4.83. The second-order valence-corrected chi connectivity index (χ2v) is 9.37. The van der Waals surface area contributed by atoms with Crippen molar-refractivity contribution >= 4 is 16.7 Å². The molecular weight excluding hydrogens is 476 g/mol. The molecule has 5 aromatic rings. The minimum absolute atomic E-state index is 0.0320. The first-order valence-electron chi connectivity index (χ1n) is 12.6. The first-order chi connectivity index (χ1) is 18.6. The molecular formula is C31H32N4O3. The van der Waals surface area contributed by atoms with Crippen LogP contribution in [0.1, 0.15) is 21.6 Å². The average molecular weight is 509 g/mol. The highest BCUT2D eigenvalue weighted by Crippen LogP contribution is 2.32. The molecule has 0 aliphatic carbocycles. The lowest BCUT2D eigenvalue weighted by Crippen LogP contribution is -2.30. The van der Waals surface area contributed by atoms with E-state index in [1.165, 1.54) is 0 Å². The van der Waals surface area contributed by atoms with Crippen molar-refractivity contribution in [3.63, 3.8) is 0 Å². The highest BCUT2D eigenvalue weighted by Gasteiger charge is 2.21. The Kier molecular flexibility index (Phi) is 7.56. The number of aromatic nitrogens is 3. The fraction of sp³-hybridized carbons (Fsp3) is 0.226.